The molecule has 21 heavy (non-hydrogen) atoms. The van der Waals surface area contributed by atoms with Gasteiger partial charge in [0, 0.05) is 24.0 Å². The predicted molar refractivity (Wildman–Crippen MR) is 99.6 cm³/mol. The quantitative estimate of drug-likeness (QED) is 0.449. The van der Waals surface area contributed by atoms with Crippen molar-refractivity contribution in [3.63, 3.8) is 0 Å². The predicted octanol–water partition coefficient (Wildman–Crippen LogP) is 3.86. The molecular weight excluding hydrogens is 397 g/mol. The minimum absolute atomic E-state index is 0. The molecule has 5 heteroatoms. The fraction of sp³-hybridized carbons (Fsp3) is 0.562. The zero-order valence-corrected chi connectivity index (χ0v) is 15.4. The third kappa shape index (κ3) is 4.25. The van der Waals surface area contributed by atoms with Crippen LogP contribution in [0, 0.1) is 5.92 Å². The summed E-state index contributed by atoms with van der Waals surface area (Å²) in [4.78, 5) is 6.93. The summed E-state index contributed by atoms with van der Waals surface area (Å²) in [6.45, 7) is 4.40. The van der Waals surface area contributed by atoms with Crippen molar-refractivity contribution < 1.29 is 0 Å². The maximum Gasteiger partial charge on any atom is 0.191 e. The van der Waals surface area contributed by atoms with Gasteiger partial charge in [-0.3, -0.25) is 0 Å². The summed E-state index contributed by atoms with van der Waals surface area (Å²) in [6, 6.07) is 8.43. The molecule has 0 aromatic heterocycles. The largest absolute Gasteiger partial charge is 0.370 e. The van der Waals surface area contributed by atoms with Crippen LogP contribution in [0.3, 0.4) is 0 Å². The summed E-state index contributed by atoms with van der Waals surface area (Å²) in [5.74, 6) is 2.04. The van der Waals surface area contributed by atoms with Crippen LogP contribution in [-0.4, -0.2) is 30.0 Å². The Bertz CT molecular complexity index is 512. The van der Waals surface area contributed by atoms with E-state index >= 15 is 0 Å². The monoisotopic (exact) mass is 419 g/mol. The number of benzene rings is 1. The summed E-state index contributed by atoms with van der Waals surface area (Å²) < 4.78 is 0. The molecule has 2 N–H and O–H groups in total. The zero-order valence-electron chi connectivity index (χ0n) is 12.3. The summed E-state index contributed by atoms with van der Waals surface area (Å²) in [5, 5.41) is 0.801. The van der Waals surface area contributed by atoms with Crippen molar-refractivity contribution in [3.05, 3.63) is 34.9 Å². The second-order valence-corrected chi connectivity index (χ2v) is 6.56. The van der Waals surface area contributed by atoms with Crippen LogP contribution < -0.4 is 5.73 Å². The van der Waals surface area contributed by atoms with Crippen LogP contribution in [0.25, 0.3) is 0 Å². The molecule has 2 aliphatic rings. The van der Waals surface area contributed by atoms with Crippen LogP contribution in [-0.2, 0) is 0 Å². The molecule has 3 nitrogen and oxygen atoms in total. The lowest BCUT2D eigenvalue weighted by atomic mass is 10.00. The Labute approximate surface area is 149 Å². The number of nitrogens with zero attached hydrogens (tertiary/aromatic N) is 2. The van der Waals surface area contributed by atoms with Crippen molar-refractivity contribution in [1.29, 1.82) is 0 Å². The first-order chi connectivity index (χ1) is 9.63. The van der Waals surface area contributed by atoms with Gasteiger partial charge in [-0.05, 0) is 42.9 Å². The molecule has 2 atom stereocenters. The minimum Gasteiger partial charge on any atom is -0.370 e. The maximum atomic E-state index is 6.15. The number of halogens is 2. The van der Waals surface area contributed by atoms with Crippen molar-refractivity contribution in [1.82, 2.24) is 4.90 Å². The number of piperidine rings is 1. The van der Waals surface area contributed by atoms with E-state index in [0.29, 0.717) is 12.0 Å². The summed E-state index contributed by atoms with van der Waals surface area (Å²) in [7, 11) is 0. The molecule has 1 aliphatic carbocycles. The van der Waals surface area contributed by atoms with Crippen LogP contribution >= 0.6 is 35.6 Å². The van der Waals surface area contributed by atoms with Crippen molar-refractivity contribution in [3.8, 4) is 0 Å². The molecule has 1 aliphatic heterocycles. The fourth-order valence-electron chi connectivity index (χ4n) is 2.91. The Morgan fingerprint density at radius 2 is 2.05 bits per heavy atom. The fourth-order valence-corrected chi connectivity index (χ4v) is 3.11. The number of hydrogen-bond donors (Lipinski definition) is 1. The average molecular weight is 420 g/mol. The number of aliphatic imine (C=N–C) groups is 1. The third-order valence-corrected chi connectivity index (χ3v) is 4.67. The lowest BCUT2D eigenvalue weighted by Crippen LogP contribution is -2.42. The molecule has 3 rings (SSSR count). The summed E-state index contributed by atoms with van der Waals surface area (Å²) >= 11 is 6.04. The topological polar surface area (TPSA) is 41.6 Å². The Hall–Kier alpha value is -0.490. The second kappa shape index (κ2) is 7.18. The van der Waals surface area contributed by atoms with Crippen molar-refractivity contribution in [2.75, 3.05) is 13.1 Å². The zero-order chi connectivity index (χ0) is 14.1. The number of likely N-dealkylation sites (tertiary alicyclic amines) is 1. The van der Waals surface area contributed by atoms with E-state index in [4.69, 9.17) is 22.3 Å². The van der Waals surface area contributed by atoms with Gasteiger partial charge in [0.05, 0.1) is 6.04 Å². The van der Waals surface area contributed by atoms with E-state index in [2.05, 4.69) is 17.9 Å². The van der Waals surface area contributed by atoms with E-state index in [-0.39, 0.29) is 24.0 Å². The third-order valence-electron chi connectivity index (χ3n) is 4.44. The highest BCUT2D eigenvalue weighted by Crippen LogP contribution is 2.44. The number of nitrogens with two attached hydrogens (primary N) is 1. The highest BCUT2D eigenvalue weighted by molar-refractivity contribution is 14.0. The van der Waals surface area contributed by atoms with E-state index in [1.165, 1.54) is 18.4 Å². The van der Waals surface area contributed by atoms with Crippen molar-refractivity contribution in [2.24, 2.45) is 16.6 Å². The van der Waals surface area contributed by atoms with Crippen LogP contribution in [0.1, 0.15) is 37.7 Å². The van der Waals surface area contributed by atoms with Gasteiger partial charge < -0.3 is 10.6 Å². The average Bonchev–Trinajstić information content (AvgIpc) is 3.18. The van der Waals surface area contributed by atoms with E-state index < -0.39 is 0 Å². The van der Waals surface area contributed by atoms with E-state index in [9.17, 15) is 0 Å². The molecular formula is C16H23ClIN3. The maximum absolute atomic E-state index is 6.15. The SMILES string of the molecule is CC1CCN(C(N)=NC2CC2c2cccc(Cl)c2)CC1.I. The Balaban J connectivity index is 0.00000161. The first-order valence-electron chi connectivity index (χ1n) is 7.47. The highest BCUT2D eigenvalue weighted by atomic mass is 127. The van der Waals surface area contributed by atoms with Crippen LogP contribution in [0.15, 0.2) is 29.3 Å². The van der Waals surface area contributed by atoms with E-state index in [1.807, 2.05) is 18.2 Å². The summed E-state index contributed by atoms with van der Waals surface area (Å²) in [6.07, 6.45) is 3.53. The second-order valence-electron chi connectivity index (χ2n) is 6.12. The molecule has 1 aromatic carbocycles. The van der Waals surface area contributed by atoms with Gasteiger partial charge in [-0.15, -0.1) is 24.0 Å². The molecule has 1 saturated heterocycles. The van der Waals surface area contributed by atoms with Gasteiger partial charge >= 0.3 is 0 Å². The van der Waals surface area contributed by atoms with Gasteiger partial charge in [0.25, 0.3) is 0 Å². The smallest absolute Gasteiger partial charge is 0.191 e. The standard InChI is InChI=1S/C16H22ClN3.HI/c1-11-5-7-20(8-6-11)16(18)19-15-10-14(15)12-3-2-4-13(17)9-12;/h2-4,9,11,14-15H,5-8,10H2,1H3,(H2,18,19);1H. The van der Waals surface area contributed by atoms with Gasteiger partial charge in [-0.2, -0.15) is 0 Å². The Morgan fingerprint density at radius 1 is 1.33 bits per heavy atom. The van der Waals surface area contributed by atoms with Gasteiger partial charge in [0.1, 0.15) is 0 Å². The van der Waals surface area contributed by atoms with E-state index in [0.717, 1.165) is 36.4 Å². The van der Waals surface area contributed by atoms with Crippen LogP contribution in [0.4, 0.5) is 0 Å². The van der Waals surface area contributed by atoms with Crippen LogP contribution in [0.5, 0.6) is 0 Å². The molecule has 0 spiro atoms. The van der Waals surface area contributed by atoms with Gasteiger partial charge in [0.15, 0.2) is 5.96 Å². The number of rotatable bonds is 2. The minimum atomic E-state index is 0. The lowest BCUT2D eigenvalue weighted by Gasteiger charge is -2.31. The normalized spacial score (nSPS) is 26.4. The van der Waals surface area contributed by atoms with Crippen LogP contribution in [0.2, 0.25) is 5.02 Å². The molecule has 2 unspecified atom stereocenters. The summed E-state index contributed by atoms with van der Waals surface area (Å²) in [5.41, 5.74) is 7.44. The molecule has 0 bridgehead atoms. The first-order valence-corrected chi connectivity index (χ1v) is 7.85. The van der Waals surface area contributed by atoms with Crippen molar-refractivity contribution in [2.45, 2.75) is 38.1 Å². The molecule has 1 aromatic rings. The molecule has 0 amide bonds. The van der Waals surface area contributed by atoms with Crippen molar-refractivity contribution >= 4 is 41.5 Å². The molecule has 116 valence electrons. The number of hydrogen-bond acceptors (Lipinski definition) is 1. The Morgan fingerprint density at radius 3 is 2.71 bits per heavy atom. The molecule has 1 saturated carbocycles. The number of guanidine groups is 1. The highest BCUT2D eigenvalue weighted by Gasteiger charge is 2.39. The Kier molecular flexibility index (Phi) is 5.77. The van der Waals surface area contributed by atoms with E-state index in [1.54, 1.807) is 0 Å². The molecule has 1 heterocycles. The van der Waals surface area contributed by atoms with Gasteiger partial charge in [0.2, 0.25) is 0 Å². The molecule has 0 radical (unpaired) electrons. The first kappa shape index (κ1) is 16.9. The lowest BCUT2D eigenvalue weighted by molar-refractivity contribution is 0.277. The molecule has 2 fully saturated rings. The van der Waals surface area contributed by atoms with Gasteiger partial charge in [-0.1, -0.05) is 30.7 Å². The van der Waals surface area contributed by atoms with Gasteiger partial charge in [-0.25, -0.2) is 4.99 Å².